The van der Waals surface area contributed by atoms with Crippen LogP contribution in [0.15, 0.2) is 12.3 Å². The normalized spacial score (nSPS) is 10.5. The molecule has 5 heteroatoms. The fourth-order valence-electron chi connectivity index (χ4n) is 1.26. The van der Waals surface area contributed by atoms with Gasteiger partial charge in [0, 0.05) is 19.8 Å². The SMILES string of the molecule is CCN(C)c1ncc(C(=O)OC(C)C)cc1Cl. The third-order valence-electron chi connectivity index (χ3n) is 2.24. The molecule has 0 atom stereocenters. The summed E-state index contributed by atoms with van der Waals surface area (Å²) >= 11 is 6.07. The Morgan fingerprint density at radius 2 is 2.24 bits per heavy atom. The van der Waals surface area contributed by atoms with E-state index in [0.29, 0.717) is 16.4 Å². The number of hydrogen-bond acceptors (Lipinski definition) is 4. The van der Waals surface area contributed by atoms with Crippen LogP contribution < -0.4 is 4.90 Å². The summed E-state index contributed by atoms with van der Waals surface area (Å²) in [7, 11) is 1.89. The number of pyridine rings is 1. The smallest absolute Gasteiger partial charge is 0.340 e. The monoisotopic (exact) mass is 256 g/mol. The minimum Gasteiger partial charge on any atom is -0.459 e. The largest absolute Gasteiger partial charge is 0.459 e. The van der Waals surface area contributed by atoms with Gasteiger partial charge in [-0.15, -0.1) is 0 Å². The molecular weight excluding hydrogens is 240 g/mol. The molecule has 0 fully saturated rings. The van der Waals surface area contributed by atoms with Crippen molar-refractivity contribution in [2.24, 2.45) is 0 Å². The number of carbonyl (C=O) groups excluding carboxylic acids is 1. The van der Waals surface area contributed by atoms with Gasteiger partial charge in [-0.2, -0.15) is 0 Å². The summed E-state index contributed by atoms with van der Waals surface area (Å²) in [6.07, 6.45) is 1.33. The van der Waals surface area contributed by atoms with E-state index in [2.05, 4.69) is 4.98 Å². The number of ether oxygens (including phenoxy) is 1. The molecule has 0 N–H and O–H groups in total. The number of hydrogen-bond donors (Lipinski definition) is 0. The van der Waals surface area contributed by atoms with Crippen LogP contribution in [0, 0.1) is 0 Å². The Kier molecular flexibility index (Phi) is 4.75. The molecule has 94 valence electrons. The molecule has 0 aliphatic carbocycles. The highest BCUT2D eigenvalue weighted by Gasteiger charge is 2.13. The van der Waals surface area contributed by atoms with Gasteiger partial charge in [0.05, 0.1) is 16.7 Å². The molecule has 1 rings (SSSR count). The second-order valence-corrected chi connectivity index (χ2v) is 4.40. The first-order valence-corrected chi connectivity index (χ1v) is 5.91. The maximum absolute atomic E-state index is 11.6. The van der Waals surface area contributed by atoms with Gasteiger partial charge in [0.1, 0.15) is 5.82 Å². The van der Waals surface area contributed by atoms with E-state index in [-0.39, 0.29) is 6.10 Å². The molecular formula is C12H17ClN2O2. The zero-order valence-electron chi connectivity index (χ0n) is 10.5. The number of aromatic nitrogens is 1. The highest BCUT2D eigenvalue weighted by atomic mass is 35.5. The second kappa shape index (κ2) is 5.87. The molecule has 0 radical (unpaired) electrons. The second-order valence-electron chi connectivity index (χ2n) is 4.00. The Morgan fingerprint density at radius 3 is 2.71 bits per heavy atom. The van der Waals surface area contributed by atoms with Crippen LogP contribution in [0.4, 0.5) is 5.82 Å². The Labute approximate surface area is 107 Å². The molecule has 0 unspecified atom stereocenters. The van der Waals surface area contributed by atoms with Crippen LogP contribution in [0.3, 0.4) is 0 Å². The molecule has 0 aromatic carbocycles. The fraction of sp³-hybridized carbons (Fsp3) is 0.500. The first-order chi connectivity index (χ1) is 7.95. The number of esters is 1. The van der Waals surface area contributed by atoms with Gasteiger partial charge in [-0.1, -0.05) is 11.6 Å². The third kappa shape index (κ3) is 3.60. The Hall–Kier alpha value is -1.29. The lowest BCUT2D eigenvalue weighted by atomic mass is 10.2. The topological polar surface area (TPSA) is 42.4 Å². The molecule has 1 aromatic rings. The van der Waals surface area contributed by atoms with Crippen molar-refractivity contribution in [1.82, 2.24) is 4.98 Å². The quantitative estimate of drug-likeness (QED) is 0.777. The van der Waals surface area contributed by atoms with Crippen LogP contribution in [0.5, 0.6) is 0 Å². The Morgan fingerprint density at radius 1 is 1.59 bits per heavy atom. The van der Waals surface area contributed by atoms with Crippen molar-refractivity contribution in [3.05, 3.63) is 22.8 Å². The summed E-state index contributed by atoms with van der Waals surface area (Å²) in [4.78, 5) is 17.7. The van der Waals surface area contributed by atoms with Crippen molar-refractivity contribution in [2.75, 3.05) is 18.5 Å². The van der Waals surface area contributed by atoms with E-state index in [0.717, 1.165) is 6.54 Å². The summed E-state index contributed by atoms with van der Waals surface area (Å²) in [6.45, 7) is 6.39. The molecule has 1 aromatic heterocycles. The van der Waals surface area contributed by atoms with E-state index in [1.807, 2.05) is 18.9 Å². The van der Waals surface area contributed by atoms with Crippen LogP contribution in [0.1, 0.15) is 31.1 Å². The van der Waals surface area contributed by atoms with Crippen molar-refractivity contribution >= 4 is 23.4 Å². The van der Waals surface area contributed by atoms with Crippen LogP contribution in [-0.2, 0) is 4.74 Å². The molecule has 0 bridgehead atoms. The van der Waals surface area contributed by atoms with Gasteiger partial charge in [-0.25, -0.2) is 9.78 Å². The van der Waals surface area contributed by atoms with Crippen molar-refractivity contribution in [3.8, 4) is 0 Å². The molecule has 0 aliphatic heterocycles. The third-order valence-corrected chi connectivity index (χ3v) is 2.51. The molecule has 1 heterocycles. The minimum atomic E-state index is -0.403. The van der Waals surface area contributed by atoms with E-state index in [4.69, 9.17) is 16.3 Å². The molecule has 17 heavy (non-hydrogen) atoms. The molecule has 4 nitrogen and oxygen atoms in total. The predicted molar refractivity (Wildman–Crippen MR) is 68.7 cm³/mol. The van der Waals surface area contributed by atoms with Crippen molar-refractivity contribution < 1.29 is 9.53 Å². The Balaban J connectivity index is 2.92. The minimum absolute atomic E-state index is 0.153. The standard InChI is InChI=1S/C12H17ClN2O2/c1-5-15(4)11-10(13)6-9(7-14-11)12(16)17-8(2)3/h6-8H,5H2,1-4H3. The summed E-state index contributed by atoms with van der Waals surface area (Å²) in [5.74, 6) is 0.260. The van der Waals surface area contributed by atoms with E-state index < -0.39 is 5.97 Å². The van der Waals surface area contributed by atoms with Crippen LogP contribution >= 0.6 is 11.6 Å². The van der Waals surface area contributed by atoms with Gasteiger partial charge in [-0.05, 0) is 26.8 Å². The highest BCUT2D eigenvalue weighted by molar-refractivity contribution is 6.33. The highest BCUT2D eigenvalue weighted by Crippen LogP contribution is 2.23. The fourth-order valence-corrected chi connectivity index (χ4v) is 1.57. The zero-order chi connectivity index (χ0) is 13.0. The predicted octanol–water partition coefficient (Wildman–Crippen LogP) is 2.76. The van der Waals surface area contributed by atoms with E-state index in [9.17, 15) is 4.79 Å². The van der Waals surface area contributed by atoms with Gasteiger partial charge in [-0.3, -0.25) is 0 Å². The van der Waals surface area contributed by atoms with Gasteiger partial charge in [0.15, 0.2) is 0 Å². The maximum Gasteiger partial charge on any atom is 0.340 e. The lowest BCUT2D eigenvalue weighted by Crippen LogP contribution is -2.18. The van der Waals surface area contributed by atoms with Crippen LogP contribution in [0.25, 0.3) is 0 Å². The molecule has 0 saturated carbocycles. The van der Waals surface area contributed by atoms with Crippen molar-refractivity contribution in [2.45, 2.75) is 26.9 Å². The molecule has 0 saturated heterocycles. The number of halogens is 1. The average molecular weight is 257 g/mol. The number of rotatable bonds is 4. The summed E-state index contributed by atoms with van der Waals surface area (Å²) < 4.78 is 5.07. The summed E-state index contributed by atoms with van der Waals surface area (Å²) in [5, 5.41) is 0.451. The van der Waals surface area contributed by atoms with Crippen LogP contribution in [-0.4, -0.2) is 30.6 Å². The number of anilines is 1. The lowest BCUT2D eigenvalue weighted by Gasteiger charge is -2.17. The maximum atomic E-state index is 11.6. The average Bonchev–Trinajstić information content (AvgIpc) is 2.27. The van der Waals surface area contributed by atoms with Gasteiger partial charge in [0.2, 0.25) is 0 Å². The van der Waals surface area contributed by atoms with Gasteiger partial charge < -0.3 is 9.64 Å². The first kappa shape index (κ1) is 13.8. The summed E-state index contributed by atoms with van der Waals surface area (Å²) in [5.41, 5.74) is 0.372. The van der Waals surface area contributed by atoms with E-state index >= 15 is 0 Å². The van der Waals surface area contributed by atoms with Gasteiger partial charge >= 0.3 is 5.97 Å². The lowest BCUT2D eigenvalue weighted by molar-refractivity contribution is 0.0377. The molecule has 0 amide bonds. The van der Waals surface area contributed by atoms with Crippen molar-refractivity contribution in [3.63, 3.8) is 0 Å². The van der Waals surface area contributed by atoms with Crippen molar-refractivity contribution in [1.29, 1.82) is 0 Å². The molecule has 0 spiro atoms. The molecule has 0 aliphatic rings. The van der Waals surface area contributed by atoms with E-state index in [1.165, 1.54) is 6.20 Å². The summed E-state index contributed by atoms with van der Waals surface area (Å²) in [6, 6.07) is 1.58. The number of nitrogens with zero attached hydrogens (tertiary/aromatic N) is 2. The van der Waals surface area contributed by atoms with Crippen LogP contribution in [0.2, 0.25) is 5.02 Å². The first-order valence-electron chi connectivity index (χ1n) is 5.53. The van der Waals surface area contributed by atoms with Gasteiger partial charge in [0.25, 0.3) is 0 Å². The number of carbonyl (C=O) groups is 1. The Bertz CT molecular complexity index is 407. The van der Waals surface area contributed by atoms with E-state index in [1.54, 1.807) is 19.9 Å². The zero-order valence-corrected chi connectivity index (χ0v) is 11.3.